The van der Waals surface area contributed by atoms with E-state index in [-0.39, 0.29) is 30.9 Å². The molecule has 1 atom stereocenters. The van der Waals surface area contributed by atoms with E-state index in [4.69, 9.17) is 9.26 Å². The van der Waals surface area contributed by atoms with Crippen LogP contribution < -0.4 is 4.74 Å². The van der Waals surface area contributed by atoms with Crippen LogP contribution in [0.15, 0.2) is 83.4 Å². The van der Waals surface area contributed by atoms with Crippen LogP contribution in [0.25, 0.3) is 11.0 Å². The molecule has 7 nitrogen and oxygen atoms in total. The Morgan fingerprint density at radius 2 is 1.62 bits per heavy atom. The lowest BCUT2D eigenvalue weighted by atomic mass is 10.0. The van der Waals surface area contributed by atoms with Crippen molar-refractivity contribution in [3.05, 3.63) is 95.7 Å². The van der Waals surface area contributed by atoms with Gasteiger partial charge in [0.15, 0.2) is 5.58 Å². The first-order valence-electron chi connectivity index (χ1n) is 14.3. The van der Waals surface area contributed by atoms with Gasteiger partial charge in [-0.15, -0.1) is 0 Å². The van der Waals surface area contributed by atoms with Crippen molar-refractivity contribution < 1.29 is 18.8 Å². The van der Waals surface area contributed by atoms with Crippen molar-refractivity contribution in [2.75, 3.05) is 26.2 Å². The molecule has 0 fully saturated rings. The maximum atomic E-state index is 14.0. The van der Waals surface area contributed by atoms with E-state index in [0.29, 0.717) is 48.6 Å². The van der Waals surface area contributed by atoms with Gasteiger partial charge in [-0.3, -0.25) is 9.59 Å². The van der Waals surface area contributed by atoms with Crippen molar-refractivity contribution in [2.45, 2.75) is 51.5 Å². The molecule has 0 radical (unpaired) electrons. The minimum atomic E-state index is -0.221. The Balaban J connectivity index is 1.46. The third-order valence-corrected chi connectivity index (χ3v) is 7.64. The zero-order chi connectivity index (χ0) is 27.7. The molecule has 3 aromatic carbocycles. The highest BCUT2D eigenvalue weighted by Crippen LogP contribution is 2.24. The SMILES string of the molecule is CCN1CCCCCCN(C(=O)Cc2noc3ccccc23)[C@@H](Cc2ccccc2)COc2ccccc2C1=O. The summed E-state index contributed by atoms with van der Waals surface area (Å²) in [7, 11) is 0. The summed E-state index contributed by atoms with van der Waals surface area (Å²) in [5, 5.41) is 5.08. The third kappa shape index (κ3) is 6.53. The molecule has 1 aromatic heterocycles. The lowest BCUT2D eigenvalue weighted by Gasteiger charge is -2.33. The van der Waals surface area contributed by atoms with Crippen molar-refractivity contribution in [1.82, 2.24) is 15.0 Å². The fourth-order valence-electron chi connectivity index (χ4n) is 5.43. The summed E-state index contributed by atoms with van der Waals surface area (Å²) in [5.74, 6) is 0.536. The van der Waals surface area contributed by atoms with Crippen molar-refractivity contribution >= 4 is 22.8 Å². The van der Waals surface area contributed by atoms with E-state index in [0.717, 1.165) is 36.6 Å². The fraction of sp³-hybridized carbons (Fsp3) is 0.364. The van der Waals surface area contributed by atoms with Gasteiger partial charge in [0.25, 0.3) is 5.91 Å². The summed E-state index contributed by atoms with van der Waals surface area (Å²) in [6.07, 6.45) is 4.59. The fourth-order valence-corrected chi connectivity index (χ4v) is 5.43. The molecule has 5 rings (SSSR count). The summed E-state index contributed by atoms with van der Waals surface area (Å²) >= 11 is 0. The Morgan fingerprint density at radius 3 is 2.45 bits per heavy atom. The molecule has 40 heavy (non-hydrogen) atoms. The van der Waals surface area contributed by atoms with Gasteiger partial charge in [-0.05, 0) is 56.0 Å². The summed E-state index contributed by atoms with van der Waals surface area (Å²) in [6, 6.07) is 25.0. The zero-order valence-electron chi connectivity index (χ0n) is 23.1. The highest BCUT2D eigenvalue weighted by Gasteiger charge is 2.27. The second kappa shape index (κ2) is 13.3. The van der Waals surface area contributed by atoms with Crippen molar-refractivity contribution in [3.8, 4) is 5.75 Å². The monoisotopic (exact) mass is 539 g/mol. The van der Waals surface area contributed by atoms with Crippen LogP contribution in [0.3, 0.4) is 0 Å². The maximum Gasteiger partial charge on any atom is 0.257 e. The normalized spacial score (nSPS) is 17.2. The predicted molar refractivity (Wildman–Crippen MR) is 155 cm³/mol. The molecule has 0 spiro atoms. The number of fused-ring (bicyclic) bond motifs is 2. The Labute approximate surface area is 235 Å². The average Bonchev–Trinajstić information content (AvgIpc) is 3.39. The van der Waals surface area contributed by atoms with Gasteiger partial charge in [0.1, 0.15) is 18.1 Å². The number of carbonyl (C=O) groups excluding carboxylic acids is 2. The van der Waals surface area contributed by atoms with Gasteiger partial charge in [-0.1, -0.05) is 72.6 Å². The first kappa shape index (κ1) is 27.4. The first-order valence-corrected chi connectivity index (χ1v) is 14.3. The van der Waals surface area contributed by atoms with Gasteiger partial charge in [-0.2, -0.15) is 0 Å². The Morgan fingerprint density at radius 1 is 0.900 bits per heavy atom. The Kier molecular flexibility index (Phi) is 9.11. The number of nitrogens with zero attached hydrogens (tertiary/aromatic N) is 3. The van der Waals surface area contributed by atoms with Gasteiger partial charge in [-0.25, -0.2) is 0 Å². The van der Waals surface area contributed by atoms with Crippen LogP contribution in [0.4, 0.5) is 0 Å². The van der Waals surface area contributed by atoms with Gasteiger partial charge < -0.3 is 19.1 Å². The molecule has 208 valence electrons. The zero-order valence-corrected chi connectivity index (χ0v) is 23.1. The molecule has 0 bridgehead atoms. The number of ether oxygens (including phenoxy) is 1. The summed E-state index contributed by atoms with van der Waals surface area (Å²) < 4.78 is 11.9. The van der Waals surface area contributed by atoms with Gasteiger partial charge in [0.05, 0.1) is 18.0 Å². The lowest BCUT2D eigenvalue weighted by Crippen LogP contribution is -2.46. The molecule has 0 saturated carbocycles. The van der Waals surface area contributed by atoms with E-state index in [1.165, 1.54) is 0 Å². The van der Waals surface area contributed by atoms with Crippen molar-refractivity contribution in [2.24, 2.45) is 0 Å². The molecular formula is C33H37N3O4. The molecular weight excluding hydrogens is 502 g/mol. The molecule has 1 aliphatic rings. The number of para-hydroxylation sites is 2. The van der Waals surface area contributed by atoms with E-state index in [9.17, 15) is 9.59 Å². The minimum Gasteiger partial charge on any atom is -0.491 e. The van der Waals surface area contributed by atoms with Gasteiger partial charge >= 0.3 is 0 Å². The molecule has 0 unspecified atom stereocenters. The van der Waals surface area contributed by atoms with E-state index in [1.807, 2.05) is 83.5 Å². The molecule has 4 aromatic rings. The van der Waals surface area contributed by atoms with Gasteiger partial charge in [0.2, 0.25) is 5.91 Å². The average molecular weight is 540 g/mol. The minimum absolute atomic E-state index is 0.00259. The molecule has 0 saturated heterocycles. The standard InChI is InChI=1S/C33H37N3O4/c1-2-35-20-12-3-4-13-21-36(32(37)23-29-27-16-8-11-19-31(27)40-34-29)26(22-25-14-6-5-7-15-25)24-39-30-18-10-9-17-28(30)33(35)38/h5-11,14-19,26H,2-4,12-13,20-24H2,1H3/t26-/m0/s1. The smallest absolute Gasteiger partial charge is 0.257 e. The molecule has 1 aliphatic heterocycles. The number of amides is 2. The summed E-state index contributed by atoms with van der Waals surface area (Å²) in [5.41, 5.74) is 3.02. The molecule has 2 amide bonds. The van der Waals surface area contributed by atoms with E-state index < -0.39 is 0 Å². The van der Waals surface area contributed by atoms with Crippen LogP contribution in [-0.2, 0) is 17.6 Å². The van der Waals surface area contributed by atoms with Crippen LogP contribution in [0.5, 0.6) is 5.75 Å². The van der Waals surface area contributed by atoms with Crippen LogP contribution in [0.2, 0.25) is 0 Å². The number of hydrogen-bond acceptors (Lipinski definition) is 5. The Bertz CT molecular complexity index is 1420. The van der Waals surface area contributed by atoms with E-state index >= 15 is 0 Å². The van der Waals surface area contributed by atoms with Crippen LogP contribution in [-0.4, -0.2) is 59.1 Å². The topological polar surface area (TPSA) is 75.9 Å². The maximum absolute atomic E-state index is 14.0. The second-order valence-electron chi connectivity index (χ2n) is 10.3. The quantitative estimate of drug-likeness (QED) is 0.314. The third-order valence-electron chi connectivity index (χ3n) is 7.64. The molecule has 2 heterocycles. The van der Waals surface area contributed by atoms with E-state index in [1.54, 1.807) is 0 Å². The number of carbonyl (C=O) groups is 2. The van der Waals surface area contributed by atoms with Crippen LogP contribution in [0.1, 0.15) is 54.2 Å². The molecule has 7 heteroatoms. The van der Waals surface area contributed by atoms with Crippen molar-refractivity contribution in [1.29, 1.82) is 0 Å². The highest BCUT2D eigenvalue weighted by atomic mass is 16.5. The number of benzene rings is 3. The van der Waals surface area contributed by atoms with Crippen molar-refractivity contribution in [3.63, 3.8) is 0 Å². The highest BCUT2D eigenvalue weighted by molar-refractivity contribution is 5.97. The van der Waals surface area contributed by atoms with Crippen LogP contribution in [0, 0.1) is 0 Å². The lowest BCUT2D eigenvalue weighted by molar-refractivity contribution is -0.133. The second-order valence-corrected chi connectivity index (χ2v) is 10.3. The first-order chi connectivity index (χ1) is 19.6. The largest absolute Gasteiger partial charge is 0.491 e. The molecule has 0 aliphatic carbocycles. The number of aromatic nitrogens is 1. The molecule has 0 N–H and O–H groups in total. The number of rotatable bonds is 5. The van der Waals surface area contributed by atoms with Crippen LogP contribution >= 0.6 is 0 Å². The summed E-state index contributed by atoms with van der Waals surface area (Å²) in [6.45, 7) is 4.29. The number of hydrogen-bond donors (Lipinski definition) is 0. The predicted octanol–water partition coefficient (Wildman–Crippen LogP) is 5.93. The van der Waals surface area contributed by atoms with Gasteiger partial charge in [0, 0.05) is 25.0 Å². The Hall–Kier alpha value is -4.13. The summed E-state index contributed by atoms with van der Waals surface area (Å²) in [4.78, 5) is 31.2. The van der Waals surface area contributed by atoms with E-state index in [2.05, 4.69) is 17.3 Å².